The Morgan fingerprint density at radius 1 is 1.30 bits per heavy atom. The van der Waals surface area contributed by atoms with Crippen molar-refractivity contribution in [1.82, 2.24) is 15.5 Å². The molecule has 1 aromatic rings. The van der Waals surface area contributed by atoms with Gasteiger partial charge in [-0.3, -0.25) is 4.79 Å². The summed E-state index contributed by atoms with van der Waals surface area (Å²) in [4.78, 5) is 22.1. The van der Waals surface area contributed by atoms with Crippen LogP contribution in [0.1, 0.15) is 12.8 Å². The molecule has 0 aliphatic carbocycles. The van der Waals surface area contributed by atoms with Crippen LogP contribution in [0.3, 0.4) is 0 Å². The lowest BCUT2D eigenvalue weighted by molar-refractivity contribution is -0.305. The highest BCUT2D eigenvalue weighted by Gasteiger charge is 2.28. The second kappa shape index (κ2) is 8.31. The van der Waals surface area contributed by atoms with Crippen molar-refractivity contribution in [3.63, 3.8) is 0 Å². The van der Waals surface area contributed by atoms with Crippen LogP contribution in [0.25, 0.3) is 0 Å². The van der Waals surface area contributed by atoms with Crippen LogP contribution in [0.15, 0.2) is 8.68 Å². The van der Waals surface area contributed by atoms with Crippen LogP contribution in [0.4, 0.5) is 0 Å². The highest BCUT2D eigenvalue weighted by molar-refractivity contribution is 8.03. The number of carbonyl (C=O) groups excluding carboxylic acids is 2. The number of thioether (sulfide) groups is 2. The van der Waals surface area contributed by atoms with Gasteiger partial charge in [0.15, 0.2) is 18.5 Å². The first-order chi connectivity index (χ1) is 10.8. The van der Waals surface area contributed by atoms with E-state index in [9.17, 15) is 23.1 Å². The molecule has 1 amide bonds. The number of sulfone groups is 1. The van der Waals surface area contributed by atoms with Crippen molar-refractivity contribution >= 4 is 56.6 Å². The number of hydrogen-bond donors (Lipinski definition) is 1. The quantitative estimate of drug-likeness (QED) is 0.559. The van der Waals surface area contributed by atoms with E-state index >= 15 is 0 Å². The molecule has 1 atom stereocenters. The van der Waals surface area contributed by atoms with Crippen molar-refractivity contribution in [2.75, 3.05) is 23.0 Å². The van der Waals surface area contributed by atoms with Crippen LogP contribution >= 0.6 is 34.9 Å². The molecule has 1 aliphatic rings. The van der Waals surface area contributed by atoms with Crippen molar-refractivity contribution in [3.05, 3.63) is 0 Å². The van der Waals surface area contributed by atoms with Gasteiger partial charge in [0.2, 0.25) is 5.91 Å². The predicted molar refractivity (Wildman–Crippen MR) is 86.2 cm³/mol. The number of aliphatic carboxylic acids is 1. The van der Waals surface area contributed by atoms with Crippen molar-refractivity contribution in [3.8, 4) is 0 Å². The van der Waals surface area contributed by atoms with Crippen LogP contribution in [0.2, 0.25) is 0 Å². The number of carboxylic acid groups (broad SMARTS) is 1. The molecule has 1 aromatic heterocycles. The first-order valence-corrected chi connectivity index (χ1v) is 11.2. The third-order valence-electron chi connectivity index (χ3n) is 2.84. The molecule has 1 saturated heterocycles. The van der Waals surface area contributed by atoms with Crippen LogP contribution < -0.4 is 10.4 Å². The third-order valence-corrected chi connectivity index (χ3v) is 7.80. The number of carbonyl (C=O) groups is 2. The Bertz CT molecular complexity index is 675. The Morgan fingerprint density at radius 3 is 2.61 bits per heavy atom. The molecule has 0 aromatic carbocycles. The normalized spacial score (nSPS) is 19.6. The van der Waals surface area contributed by atoms with Gasteiger partial charge in [-0.05, 0) is 12.8 Å². The number of aromatic nitrogens is 2. The van der Waals surface area contributed by atoms with E-state index in [0.29, 0.717) is 20.9 Å². The molecule has 8 nitrogen and oxygen atoms in total. The van der Waals surface area contributed by atoms with Crippen molar-refractivity contribution < 1.29 is 23.1 Å². The maximum absolute atomic E-state index is 11.8. The summed E-state index contributed by atoms with van der Waals surface area (Å²) in [5.74, 6) is -0.733. The van der Waals surface area contributed by atoms with Gasteiger partial charge in [-0.25, -0.2) is 8.42 Å². The fourth-order valence-corrected chi connectivity index (χ4v) is 6.34. The molecular weight excluding hydrogens is 382 g/mol. The van der Waals surface area contributed by atoms with Gasteiger partial charge in [0.1, 0.15) is 0 Å². The summed E-state index contributed by atoms with van der Waals surface area (Å²) in [5.41, 5.74) is 0. The molecule has 1 aliphatic heterocycles. The van der Waals surface area contributed by atoms with E-state index < -0.39 is 15.8 Å². The fraction of sp³-hybridized carbons (Fsp3) is 0.636. The number of nitrogens with zero attached hydrogens (tertiary/aromatic N) is 2. The Balaban J connectivity index is 1.70. The average Bonchev–Trinajstić information content (AvgIpc) is 3.03. The first kappa shape index (κ1) is 18.5. The summed E-state index contributed by atoms with van der Waals surface area (Å²) in [6, 6.07) is -0.307. The lowest BCUT2D eigenvalue weighted by Crippen LogP contribution is -2.36. The van der Waals surface area contributed by atoms with Gasteiger partial charge in [-0.2, -0.15) is 0 Å². The Labute approximate surface area is 145 Å². The van der Waals surface area contributed by atoms with Crippen LogP contribution in [0.5, 0.6) is 0 Å². The number of carboxylic acids is 1. The lowest BCUT2D eigenvalue weighted by Gasteiger charge is -2.09. The Morgan fingerprint density at radius 2 is 2.00 bits per heavy atom. The topological polar surface area (TPSA) is 129 Å². The van der Waals surface area contributed by atoms with E-state index in [1.807, 2.05) is 0 Å². The smallest absolute Gasteiger partial charge is 0.230 e. The highest BCUT2D eigenvalue weighted by Crippen LogP contribution is 2.28. The Kier molecular flexibility index (Phi) is 6.68. The standard InChI is InChI=1S/C11H15N3O5S4/c15-8(12-7-2-4-23(18,19)6-7)5-21-11-14-13-10(22-11)20-3-1-9(16)17/h7H,1-6H2,(H,12,15)(H,16,17)/p-1/t7-/m0/s1. The molecule has 0 saturated carbocycles. The first-order valence-electron chi connectivity index (χ1n) is 6.63. The highest BCUT2D eigenvalue weighted by atomic mass is 32.2. The zero-order valence-electron chi connectivity index (χ0n) is 11.9. The number of nitrogens with one attached hydrogen (secondary N) is 1. The molecule has 23 heavy (non-hydrogen) atoms. The lowest BCUT2D eigenvalue weighted by atomic mass is 10.3. The van der Waals surface area contributed by atoms with Crippen molar-refractivity contribution in [1.29, 1.82) is 0 Å². The molecule has 2 heterocycles. The maximum Gasteiger partial charge on any atom is 0.230 e. The summed E-state index contributed by atoms with van der Waals surface area (Å²) in [7, 11) is -3.01. The summed E-state index contributed by atoms with van der Waals surface area (Å²) in [6.45, 7) is 0. The number of hydrogen-bond acceptors (Lipinski definition) is 10. The summed E-state index contributed by atoms with van der Waals surface area (Å²) >= 11 is 3.77. The minimum absolute atomic E-state index is 0.00143. The van der Waals surface area contributed by atoms with Crippen molar-refractivity contribution in [2.45, 2.75) is 27.6 Å². The van der Waals surface area contributed by atoms with Gasteiger partial charge in [-0.15, -0.1) is 10.2 Å². The number of amides is 1. The fourth-order valence-electron chi connectivity index (χ4n) is 1.84. The van der Waals surface area contributed by atoms with E-state index in [4.69, 9.17) is 0 Å². The van der Waals surface area contributed by atoms with E-state index in [-0.39, 0.29) is 35.6 Å². The average molecular weight is 397 g/mol. The van der Waals surface area contributed by atoms with Crippen LogP contribution in [-0.2, 0) is 19.4 Å². The van der Waals surface area contributed by atoms with Crippen LogP contribution in [0, 0.1) is 0 Å². The van der Waals surface area contributed by atoms with E-state index in [2.05, 4.69) is 15.5 Å². The zero-order chi connectivity index (χ0) is 16.9. The largest absolute Gasteiger partial charge is 0.550 e. The summed E-state index contributed by atoms with van der Waals surface area (Å²) < 4.78 is 23.9. The molecule has 0 radical (unpaired) electrons. The Hall–Kier alpha value is -0.850. The third kappa shape index (κ3) is 6.65. The molecule has 1 N–H and O–H groups in total. The maximum atomic E-state index is 11.8. The van der Waals surface area contributed by atoms with Crippen LogP contribution in [-0.4, -0.2) is 59.5 Å². The van der Waals surface area contributed by atoms with Gasteiger partial charge in [0.05, 0.1) is 17.3 Å². The summed E-state index contributed by atoms with van der Waals surface area (Å²) in [5, 5.41) is 20.8. The molecular formula is C11H14N3O5S4-. The molecule has 128 valence electrons. The number of rotatable bonds is 8. The second-order valence-electron chi connectivity index (χ2n) is 4.76. The SMILES string of the molecule is O=C([O-])CCSc1nnc(SCC(=O)N[C@H]2CCS(=O)(=O)C2)s1. The van der Waals surface area contributed by atoms with Gasteiger partial charge in [0.25, 0.3) is 0 Å². The predicted octanol–water partition coefficient (Wildman–Crippen LogP) is -0.834. The molecule has 1 fully saturated rings. The van der Waals surface area contributed by atoms with Gasteiger partial charge in [0, 0.05) is 17.8 Å². The van der Waals surface area contributed by atoms with Gasteiger partial charge < -0.3 is 15.2 Å². The van der Waals surface area contributed by atoms with Gasteiger partial charge >= 0.3 is 0 Å². The molecule has 2 rings (SSSR count). The summed E-state index contributed by atoms with van der Waals surface area (Å²) in [6.07, 6.45) is 0.399. The minimum atomic E-state index is -3.01. The van der Waals surface area contributed by atoms with Gasteiger partial charge in [-0.1, -0.05) is 34.9 Å². The molecule has 0 bridgehead atoms. The van der Waals surface area contributed by atoms with Crippen molar-refractivity contribution in [2.24, 2.45) is 0 Å². The zero-order valence-corrected chi connectivity index (χ0v) is 15.2. The molecule has 0 unspecified atom stereocenters. The van der Waals surface area contributed by atoms with E-state index in [0.717, 1.165) is 0 Å². The molecule has 0 spiro atoms. The minimum Gasteiger partial charge on any atom is -0.550 e. The van der Waals surface area contributed by atoms with E-state index in [1.54, 1.807) is 0 Å². The van der Waals surface area contributed by atoms with E-state index in [1.165, 1.54) is 34.9 Å². The monoisotopic (exact) mass is 396 g/mol. The molecule has 12 heteroatoms. The second-order valence-corrected chi connectivity index (χ2v) is 10.5.